The number of pyridine rings is 1. The Labute approximate surface area is 192 Å². The molecule has 1 amide bonds. The molecule has 0 bridgehead atoms. The number of carbonyl (C=O) groups is 1. The lowest BCUT2D eigenvalue weighted by Crippen LogP contribution is -2.28. The Balaban J connectivity index is 1.30. The highest BCUT2D eigenvalue weighted by atomic mass is 32.2. The summed E-state index contributed by atoms with van der Waals surface area (Å²) < 4.78 is 35.8. The third kappa shape index (κ3) is 4.55. The van der Waals surface area contributed by atoms with Crippen LogP contribution in [0.15, 0.2) is 60.7 Å². The maximum absolute atomic E-state index is 13.2. The summed E-state index contributed by atoms with van der Waals surface area (Å²) in [5.41, 5.74) is 2.76. The Kier molecular flexibility index (Phi) is 5.30. The van der Waals surface area contributed by atoms with Crippen molar-refractivity contribution >= 4 is 21.7 Å². The summed E-state index contributed by atoms with van der Waals surface area (Å²) in [6, 6.07) is 18.6. The van der Waals surface area contributed by atoms with E-state index in [9.17, 15) is 13.2 Å². The molecule has 1 aromatic heterocycles. The number of amides is 1. The quantitative estimate of drug-likeness (QED) is 0.555. The van der Waals surface area contributed by atoms with Crippen molar-refractivity contribution in [2.45, 2.75) is 24.8 Å². The van der Waals surface area contributed by atoms with Gasteiger partial charge in [-0.25, -0.2) is 18.1 Å². The molecular formula is C24H23N3O5S. The van der Waals surface area contributed by atoms with Crippen LogP contribution in [0, 0.1) is 0 Å². The van der Waals surface area contributed by atoms with Crippen molar-refractivity contribution < 1.29 is 22.7 Å². The summed E-state index contributed by atoms with van der Waals surface area (Å²) in [6.07, 6.45) is 2.66. The van der Waals surface area contributed by atoms with Crippen molar-refractivity contribution in [2.75, 3.05) is 18.4 Å². The smallest absolute Gasteiger partial charge is 0.236 e. The van der Waals surface area contributed by atoms with Gasteiger partial charge in [0.2, 0.25) is 22.7 Å². The monoisotopic (exact) mass is 465 g/mol. The predicted molar refractivity (Wildman–Crippen MR) is 123 cm³/mol. The average Bonchev–Trinajstić information content (AvgIpc) is 3.49. The van der Waals surface area contributed by atoms with Gasteiger partial charge in [-0.2, -0.15) is 0 Å². The van der Waals surface area contributed by atoms with Crippen molar-refractivity contribution in [3.8, 4) is 22.8 Å². The summed E-state index contributed by atoms with van der Waals surface area (Å²) in [5, 5.41) is 2.97. The standard InChI is InChI=1S/C24H23N3O5S/c1-33(29,30)25-14-16-5-7-17(8-6-16)19-3-2-4-22(26-19)27-23(28)24(11-12-24)18-9-10-20-21(13-18)32-15-31-20/h2-10,13,25H,11-12,14-15H2,1H3,(H,26,27,28). The Bertz CT molecular complexity index is 1320. The van der Waals surface area contributed by atoms with Crippen LogP contribution in [0.4, 0.5) is 5.82 Å². The van der Waals surface area contributed by atoms with Crippen molar-refractivity contribution in [3.05, 3.63) is 71.8 Å². The lowest BCUT2D eigenvalue weighted by Gasteiger charge is -2.16. The molecule has 1 saturated carbocycles. The number of carbonyl (C=O) groups excluding carboxylic acids is 1. The maximum Gasteiger partial charge on any atom is 0.236 e. The SMILES string of the molecule is CS(=O)(=O)NCc1ccc(-c2cccc(NC(=O)C3(c4ccc5c(c4)OCO5)CC3)n2)cc1. The van der Waals surface area contributed by atoms with Gasteiger partial charge in [0.15, 0.2) is 11.5 Å². The molecule has 8 nitrogen and oxygen atoms in total. The van der Waals surface area contributed by atoms with Crippen LogP contribution >= 0.6 is 0 Å². The summed E-state index contributed by atoms with van der Waals surface area (Å²) in [5.74, 6) is 1.75. The van der Waals surface area contributed by atoms with Crippen molar-refractivity contribution in [1.82, 2.24) is 9.71 Å². The van der Waals surface area contributed by atoms with E-state index >= 15 is 0 Å². The van der Waals surface area contributed by atoms with Crippen LogP contribution in [0.25, 0.3) is 11.3 Å². The van der Waals surface area contributed by atoms with Gasteiger partial charge in [-0.1, -0.05) is 36.4 Å². The van der Waals surface area contributed by atoms with Gasteiger partial charge in [0, 0.05) is 12.1 Å². The first kappa shape index (κ1) is 21.4. The summed E-state index contributed by atoms with van der Waals surface area (Å²) in [7, 11) is -3.25. The molecule has 2 heterocycles. The number of ether oxygens (including phenoxy) is 2. The Morgan fingerprint density at radius 2 is 1.79 bits per heavy atom. The minimum Gasteiger partial charge on any atom is -0.454 e. The van der Waals surface area contributed by atoms with E-state index in [0.29, 0.717) is 23.0 Å². The fourth-order valence-electron chi connectivity index (χ4n) is 3.87. The summed E-state index contributed by atoms with van der Waals surface area (Å²) in [4.78, 5) is 17.8. The van der Waals surface area contributed by atoms with Crippen molar-refractivity contribution in [3.63, 3.8) is 0 Å². The highest BCUT2D eigenvalue weighted by molar-refractivity contribution is 7.88. The van der Waals surface area contributed by atoms with E-state index in [-0.39, 0.29) is 19.2 Å². The largest absolute Gasteiger partial charge is 0.454 e. The lowest BCUT2D eigenvalue weighted by molar-refractivity contribution is -0.118. The molecule has 2 N–H and O–H groups in total. The maximum atomic E-state index is 13.2. The van der Waals surface area contributed by atoms with Gasteiger partial charge in [-0.15, -0.1) is 0 Å². The van der Waals surface area contributed by atoms with Gasteiger partial charge in [0.25, 0.3) is 0 Å². The van der Waals surface area contributed by atoms with E-state index < -0.39 is 15.4 Å². The van der Waals surface area contributed by atoms with Gasteiger partial charge in [0.1, 0.15) is 5.82 Å². The molecule has 0 saturated heterocycles. The topological polar surface area (TPSA) is 107 Å². The molecule has 0 unspecified atom stereocenters. The summed E-state index contributed by atoms with van der Waals surface area (Å²) >= 11 is 0. The van der Waals surface area contributed by atoms with E-state index in [1.165, 1.54) is 0 Å². The molecule has 1 fully saturated rings. The zero-order valence-electron chi connectivity index (χ0n) is 18.0. The van der Waals surface area contributed by atoms with Gasteiger partial charge in [-0.3, -0.25) is 4.79 Å². The molecule has 2 aliphatic rings. The minimum atomic E-state index is -3.25. The summed E-state index contributed by atoms with van der Waals surface area (Å²) in [6.45, 7) is 0.425. The molecule has 0 atom stereocenters. The molecule has 1 aliphatic heterocycles. The van der Waals surface area contributed by atoms with Crippen LogP contribution in [0.5, 0.6) is 11.5 Å². The highest BCUT2D eigenvalue weighted by Crippen LogP contribution is 2.51. The van der Waals surface area contributed by atoms with E-state index in [1.54, 1.807) is 6.07 Å². The number of benzene rings is 2. The molecule has 33 heavy (non-hydrogen) atoms. The van der Waals surface area contributed by atoms with Crippen molar-refractivity contribution in [1.29, 1.82) is 0 Å². The fourth-order valence-corrected chi connectivity index (χ4v) is 4.30. The number of sulfonamides is 1. The first-order chi connectivity index (χ1) is 15.8. The van der Waals surface area contributed by atoms with Crippen LogP contribution in [-0.4, -0.2) is 32.4 Å². The number of hydrogen-bond acceptors (Lipinski definition) is 6. The first-order valence-electron chi connectivity index (χ1n) is 10.6. The second kappa shape index (κ2) is 8.17. The van der Waals surface area contributed by atoms with E-state index in [2.05, 4.69) is 15.0 Å². The number of fused-ring (bicyclic) bond motifs is 1. The van der Waals surface area contributed by atoms with E-state index in [1.807, 2.05) is 54.6 Å². The zero-order chi connectivity index (χ0) is 23.1. The Morgan fingerprint density at radius 3 is 2.52 bits per heavy atom. The van der Waals surface area contributed by atoms with Crippen molar-refractivity contribution in [2.24, 2.45) is 0 Å². The number of rotatable bonds is 7. The number of nitrogens with one attached hydrogen (secondary N) is 2. The number of hydrogen-bond donors (Lipinski definition) is 2. The van der Waals surface area contributed by atoms with Crippen LogP contribution < -0.4 is 19.5 Å². The van der Waals surface area contributed by atoms with E-state index in [4.69, 9.17) is 9.47 Å². The van der Waals surface area contributed by atoms with Gasteiger partial charge in [0.05, 0.1) is 17.4 Å². The highest BCUT2D eigenvalue weighted by Gasteiger charge is 2.51. The van der Waals surface area contributed by atoms with Gasteiger partial charge in [-0.05, 0) is 48.2 Å². The molecular weight excluding hydrogens is 442 g/mol. The molecule has 0 spiro atoms. The molecule has 3 aromatic rings. The number of aromatic nitrogens is 1. The minimum absolute atomic E-state index is 0.0896. The Morgan fingerprint density at radius 1 is 1.03 bits per heavy atom. The molecule has 1 aliphatic carbocycles. The number of anilines is 1. The molecule has 0 radical (unpaired) electrons. The normalized spacial score (nSPS) is 15.8. The van der Waals surface area contributed by atoms with E-state index in [0.717, 1.165) is 35.8 Å². The van der Waals surface area contributed by atoms with Crippen LogP contribution in [0.1, 0.15) is 24.0 Å². The second-order valence-electron chi connectivity index (χ2n) is 8.30. The number of nitrogens with zero attached hydrogens (tertiary/aromatic N) is 1. The third-order valence-electron chi connectivity index (χ3n) is 5.89. The molecule has 9 heteroatoms. The Hall–Kier alpha value is -3.43. The predicted octanol–water partition coefficient (Wildman–Crippen LogP) is 3.20. The van der Waals surface area contributed by atoms with Crippen LogP contribution in [-0.2, 0) is 26.8 Å². The third-order valence-corrected chi connectivity index (χ3v) is 6.56. The van der Waals surface area contributed by atoms with Crippen LogP contribution in [0.2, 0.25) is 0 Å². The molecule has 2 aromatic carbocycles. The second-order valence-corrected chi connectivity index (χ2v) is 10.1. The molecule has 5 rings (SSSR count). The zero-order valence-corrected chi connectivity index (χ0v) is 18.8. The average molecular weight is 466 g/mol. The van der Waals surface area contributed by atoms with Gasteiger partial charge >= 0.3 is 0 Å². The van der Waals surface area contributed by atoms with Crippen LogP contribution in [0.3, 0.4) is 0 Å². The first-order valence-corrected chi connectivity index (χ1v) is 12.4. The van der Waals surface area contributed by atoms with Gasteiger partial charge < -0.3 is 14.8 Å². The lowest BCUT2D eigenvalue weighted by atomic mass is 9.94. The molecule has 170 valence electrons. The fraction of sp³-hybridized carbons (Fsp3) is 0.250.